The molecule has 0 aromatic carbocycles. The van der Waals surface area contributed by atoms with Crippen LogP contribution in [-0.4, -0.2) is 24.6 Å². The first-order valence-electron chi connectivity index (χ1n) is 8.28. The summed E-state index contributed by atoms with van der Waals surface area (Å²) in [5.74, 6) is -0.920. The topological polar surface area (TPSA) is 40.1 Å². The van der Waals surface area contributed by atoms with Crippen molar-refractivity contribution in [2.75, 3.05) is 0 Å². The van der Waals surface area contributed by atoms with Gasteiger partial charge in [-0.25, -0.2) is 0 Å². The first kappa shape index (κ1) is 22.8. The molecular formula is C16H33ClO2Sn. The predicted molar refractivity (Wildman–Crippen MR) is 89.4 cm³/mol. The van der Waals surface area contributed by atoms with E-state index in [2.05, 4.69) is 20.8 Å². The zero-order chi connectivity index (χ0) is 15.6. The Labute approximate surface area is 137 Å². The van der Waals surface area contributed by atoms with Gasteiger partial charge in [0.15, 0.2) is 0 Å². The SMILES string of the molecule is CCCCCCCC(=O)[O-].CCC[CH2][Sn+]([Cl])[CH2]CCC. The first-order chi connectivity index (χ1) is 9.58. The van der Waals surface area contributed by atoms with Crippen molar-refractivity contribution in [3.63, 3.8) is 0 Å². The van der Waals surface area contributed by atoms with Gasteiger partial charge in [-0.1, -0.05) is 32.6 Å². The van der Waals surface area contributed by atoms with Crippen LogP contribution in [0, 0.1) is 0 Å². The van der Waals surface area contributed by atoms with Crippen LogP contribution < -0.4 is 5.11 Å². The summed E-state index contributed by atoms with van der Waals surface area (Å²) in [5, 5.41) is 9.92. The molecule has 0 aliphatic heterocycles. The number of rotatable bonds is 12. The van der Waals surface area contributed by atoms with Gasteiger partial charge in [-0.05, 0) is 12.8 Å². The first-order valence-corrected chi connectivity index (χ1v) is 15.9. The molecule has 0 unspecified atom stereocenters. The van der Waals surface area contributed by atoms with Crippen molar-refractivity contribution >= 4 is 33.5 Å². The molecule has 0 atom stereocenters. The fraction of sp³-hybridized carbons (Fsp3) is 0.938. The van der Waals surface area contributed by atoms with Crippen LogP contribution in [0.4, 0.5) is 0 Å². The average molecular weight is 412 g/mol. The summed E-state index contributed by atoms with van der Waals surface area (Å²) in [7, 11) is 6.24. The Balaban J connectivity index is 0. The Morgan fingerprint density at radius 2 is 1.30 bits per heavy atom. The van der Waals surface area contributed by atoms with Gasteiger partial charge in [-0.3, -0.25) is 0 Å². The number of carboxylic acid groups (broad SMARTS) is 1. The van der Waals surface area contributed by atoms with Gasteiger partial charge in [0.05, 0.1) is 0 Å². The van der Waals surface area contributed by atoms with Gasteiger partial charge in [0.2, 0.25) is 0 Å². The monoisotopic (exact) mass is 412 g/mol. The van der Waals surface area contributed by atoms with E-state index in [4.69, 9.17) is 8.92 Å². The van der Waals surface area contributed by atoms with E-state index in [0.29, 0.717) is 0 Å². The van der Waals surface area contributed by atoms with Gasteiger partial charge in [0, 0.05) is 5.97 Å². The third-order valence-corrected chi connectivity index (χ3v) is 10.7. The van der Waals surface area contributed by atoms with Crippen LogP contribution in [0.2, 0.25) is 8.87 Å². The third-order valence-electron chi connectivity index (χ3n) is 3.09. The van der Waals surface area contributed by atoms with E-state index < -0.39 is 24.6 Å². The van der Waals surface area contributed by atoms with Gasteiger partial charge in [0.1, 0.15) is 0 Å². The minimum absolute atomic E-state index is 0.226. The van der Waals surface area contributed by atoms with E-state index in [0.717, 1.165) is 19.3 Å². The maximum absolute atomic E-state index is 9.92. The van der Waals surface area contributed by atoms with E-state index in [-0.39, 0.29) is 6.42 Å². The Bertz CT molecular complexity index is 193. The molecule has 2 nitrogen and oxygen atoms in total. The second kappa shape index (κ2) is 19.6. The Kier molecular flexibility index (Phi) is 22.3. The molecule has 0 amide bonds. The molecule has 0 heterocycles. The molecule has 120 valence electrons. The van der Waals surface area contributed by atoms with Crippen LogP contribution in [0.25, 0.3) is 0 Å². The maximum atomic E-state index is 9.92. The Hall–Kier alpha value is 0.559. The number of carboxylic acids is 1. The van der Waals surface area contributed by atoms with Crippen molar-refractivity contribution in [3.8, 4) is 0 Å². The summed E-state index contributed by atoms with van der Waals surface area (Å²) in [6.07, 6.45) is 11.0. The van der Waals surface area contributed by atoms with E-state index >= 15 is 0 Å². The van der Waals surface area contributed by atoms with Crippen LogP contribution in [-0.2, 0) is 4.79 Å². The van der Waals surface area contributed by atoms with Crippen LogP contribution >= 0.6 is 8.92 Å². The molecule has 0 radical (unpaired) electrons. The van der Waals surface area contributed by atoms with Crippen LogP contribution in [0.15, 0.2) is 0 Å². The molecule has 0 spiro atoms. The summed E-state index contributed by atoms with van der Waals surface area (Å²) in [6.45, 7) is 6.62. The molecule has 0 aliphatic rings. The van der Waals surface area contributed by atoms with Gasteiger partial charge in [-0.15, -0.1) is 0 Å². The van der Waals surface area contributed by atoms with Crippen molar-refractivity contribution < 1.29 is 9.90 Å². The third kappa shape index (κ3) is 23.6. The van der Waals surface area contributed by atoms with Crippen molar-refractivity contribution in [2.24, 2.45) is 0 Å². The van der Waals surface area contributed by atoms with Crippen LogP contribution in [0.3, 0.4) is 0 Å². The quantitative estimate of drug-likeness (QED) is 0.338. The van der Waals surface area contributed by atoms with Crippen molar-refractivity contribution in [2.45, 2.75) is 93.9 Å². The average Bonchev–Trinajstić information content (AvgIpc) is 2.43. The van der Waals surface area contributed by atoms with Crippen molar-refractivity contribution in [1.29, 1.82) is 0 Å². The van der Waals surface area contributed by atoms with E-state index in [9.17, 15) is 9.90 Å². The van der Waals surface area contributed by atoms with Crippen molar-refractivity contribution in [1.82, 2.24) is 0 Å². The van der Waals surface area contributed by atoms with E-state index in [1.54, 1.807) is 0 Å². The Morgan fingerprint density at radius 1 is 0.850 bits per heavy atom. The molecule has 0 aromatic heterocycles. The zero-order valence-electron chi connectivity index (χ0n) is 13.7. The minimum atomic E-state index is -1.27. The fourth-order valence-corrected chi connectivity index (χ4v) is 8.45. The molecular weight excluding hydrogens is 378 g/mol. The molecule has 0 fully saturated rings. The number of hydrogen-bond donors (Lipinski definition) is 0. The van der Waals surface area contributed by atoms with Gasteiger partial charge < -0.3 is 9.90 Å². The second-order valence-electron chi connectivity index (χ2n) is 5.26. The standard InChI is InChI=1S/C8H16O2.2C4H9.ClH.Sn/c1-2-3-4-5-6-7-8(9)10;2*1-3-4-2;;/h2-7H2,1H3,(H,9,10);2*1,3-4H2,2H3;1H;/q;;;;+2/p-2. The van der Waals surface area contributed by atoms with E-state index in [1.165, 1.54) is 47.4 Å². The molecule has 20 heavy (non-hydrogen) atoms. The number of carbonyl (C=O) groups excluding carboxylic acids is 1. The molecule has 0 N–H and O–H groups in total. The van der Waals surface area contributed by atoms with Crippen LogP contribution in [0.5, 0.6) is 0 Å². The van der Waals surface area contributed by atoms with Crippen LogP contribution in [0.1, 0.15) is 85.0 Å². The summed E-state index contributed by atoms with van der Waals surface area (Å²) >= 11 is -1.27. The summed E-state index contributed by atoms with van der Waals surface area (Å²) in [6, 6.07) is 0. The van der Waals surface area contributed by atoms with Gasteiger partial charge in [0.25, 0.3) is 0 Å². The molecule has 0 saturated carbocycles. The number of aliphatic carboxylic acids is 1. The van der Waals surface area contributed by atoms with Gasteiger partial charge >= 0.3 is 76.0 Å². The molecule has 0 aromatic rings. The number of unbranched alkanes of at least 4 members (excludes halogenated alkanes) is 6. The van der Waals surface area contributed by atoms with Crippen molar-refractivity contribution in [3.05, 3.63) is 0 Å². The molecule has 0 bridgehead atoms. The fourth-order valence-electron chi connectivity index (χ4n) is 1.74. The summed E-state index contributed by atoms with van der Waals surface area (Å²) < 4.78 is 2.81. The number of halogens is 1. The number of carbonyl (C=O) groups is 1. The Morgan fingerprint density at radius 3 is 1.70 bits per heavy atom. The normalized spacial score (nSPS) is 9.80. The zero-order valence-corrected chi connectivity index (χ0v) is 17.3. The molecule has 4 heteroatoms. The summed E-state index contributed by atoms with van der Waals surface area (Å²) in [5.41, 5.74) is 0. The second-order valence-corrected chi connectivity index (χ2v) is 14.7. The summed E-state index contributed by atoms with van der Waals surface area (Å²) in [4.78, 5) is 9.92. The predicted octanol–water partition coefficient (Wildman–Crippen LogP) is 4.91. The van der Waals surface area contributed by atoms with Gasteiger partial charge in [-0.2, -0.15) is 0 Å². The molecule has 0 saturated heterocycles. The molecule has 0 rings (SSSR count). The van der Waals surface area contributed by atoms with E-state index in [1.807, 2.05) is 0 Å². The number of hydrogen-bond acceptors (Lipinski definition) is 2. The molecule has 0 aliphatic carbocycles.